The molecule has 1 saturated heterocycles. The number of hydrogen-bond acceptors (Lipinski definition) is 2. The number of aryl methyl sites for hydroxylation is 2. The van der Waals surface area contributed by atoms with Gasteiger partial charge in [0.1, 0.15) is 5.82 Å². The minimum atomic E-state index is 0.292. The summed E-state index contributed by atoms with van der Waals surface area (Å²) in [6.45, 7) is 9.25. The monoisotopic (exact) mass is 481 g/mol. The molecule has 4 nitrogen and oxygen atoms in total. The van der Waals surface area contributed by atoms with Gasteiger partial charge in [-0.2, -0.15) is 0 Å². The van der Waals surface area contributed by atoms with Crippen LogP contribution in [-0.4, -0.2) is 33.4 Å². The summed E-state index contributed by atoms with van der Waals surface area (Å²) in [6, 6.07) is 21.7. The fraction of sp³-hybridized carbons (Fsp3) is 0.438. The summed E-state index contributed by atoms with van der Waals surface area (Å²) in [4.78, 5) is 20.6. The summed E-state index contributed by atoms with van der Waals surface area (Å²) < 4.78 is 2.44. The van der Waals surface area contributed by atoms with Crippen molar-refractivity contribution < 1.29 is 4.79 Å². The normalized spacial score (nSPS) is 17.1. The van der Waals surface area contributed by atoms with E-state index in [2.05, 4.69) is 90.9 Å². The molecule has 4 heteroatoms. The van der Waals surface area contributed by atoms with Crippen molar-refractivity contribution in [1.29, 1.82) is 0 Å². The molecule has 1 fully saturated rings. The highest BCUT2D eigenvalue weighted by Crippen LogP contribution is 2.31. The third-order valence-electron chi connectivity index (χ3n) is 7.81. The van der Waals surface area contributed by atoms with Gasteiger partial charge < -0.3 is 9.47 Å². The summed E-state index contributed by atoms with van der Waals surface area (Å²) in [5, 5.41) is 2.54. The van der Waals surface area contributed by atoms with E-state index in [0.29, 0.717) is 24.2 Å². The summed E-state index contributed by atoms with van der Waals surface area (Å²) in [5.41, 5.74) is 4.91. The number of para-hydroxylation sites is 1. The molecule has 0 spiro atoms. The number of nitrogens with zero attached hydrogens (tertiary/aromatic N) is 3. The molecule has 2 atom stereocenters. The van der Waals surface area contributed by atoms with Gasteiger partial charge in [0.25, 0.3) is 0 Å². The summed E-state index contributed by atoms with van der Waals surface area (Å²) in [6.07, 6.45) is 5.99. The second-order valence-electron chi connectivity index (χ2n) is 10.8. The van der Waals surface area contributed by atoms with E-state index in [1.165, 1.54) is 33.2 Å². The van der Waals surface area contributed by atoms with Crippen LogP contribution in [0.4, 0.5) is 0 Å². The minimum Gasteiger partial charge on any atom is -0.342 e. The number of benzene rings is 3. The maximum Gasteiger partial charge on any atom is 0.222 e. The Morgan fingerprint density at radius 3 is 2.75 bits per heavy atom. The van der Waals surface area contributed by atoms with Gasteiger partial charge in [-0.25, -0.2) is 4.98 Å². The van der Waals surface area contributed by atoms with Gasteiger partial charge in [-0.3, -0.25) is 4.79 Å². The maximum absolute atomic E-state index is 13.4. The predicted octanol–water partition coefficient (Wildman–Crippen LogP) is 7.27. The maximum atomic E-state index is 13.4. The summed E-state index contributed by atoms with van der Waals surface area (Å²) in [5.74, 6) is 2.09. The third kappa shape index (κ3) is 5.18. The molecule has 36 heavy (non-hydrogen) atoms. The SMILES string of the molecule is CCCCn1c([C@@H]2CCCN(C(=O)C[C@H](C)Cc3ccc4ccccc4c3)C2)nc2c(C)cccc21. The lowest BCUT2D eigenvalue weighted by molar-refractivity contribution is -0.133. The van der Waals surface area contributed by atoms with Crippen molar-refractivity contribution in [3.05, 3.63) is 77.6 Å². The lowest BCUT2D eigenvalue weighted by Gasteiger charge is -2.33. The van der Waals surface area contributed by atoms with E-state index in [4.69, 9.17) is 4.98 Å². The van der Waals surface area contributed by atoms with E-state index in [1.54, 1.807) is 0 Å². The van der Waals surface area contributed by atoms with Gasteiger partial charge in [0.05, 0.1) is 11.0 Å². The molecule has 1 amide bonds. The molecule has 188 valence electrons. The van der Waals surface area contributed by atoms with Gasteiger partial charge in [0.15, 0.2) is 0 Å². The number of imidazole rings is 1. The first-order valence-electron chi connectivity index (χ1n) is 13.7. The highest BCUT2D eigenvalue weighted by atomic mass is 16.2. The standard InChI is InChI=1S/C32H39N3O/c1-4-5-18-35-29-14-8-10-24(3)31(29)33-32(35)28-13-9-17-34(22-28)30(36)20-23(2)19-25-15-16-26-11-6-7-12-27(26)21-25/h6-8,10-12,14-16,21,23,28H,4-5,9,13,17-20,22H2,1-3H3/t23-,28-/m1/s1. The third-order valence-corrected chi connectivity index (χ3v) is 7.81. The number of likely N-dealkylation sites (tertiary alicyclic amines) is 1. The molecule has 0 bridgehead atoms. The molecule has 0 N–H and O–H groups in total. The second-order valence-corrected chi connectivity index (χ2v) is 10.8. The molecule has 1 aliphatic heterocycles. The topological polar surface area (TPSA) is 38.1 Å². The number of piperidine rings is 1. The molecule has 1 aromatic heterocycles. The van der Waals surface area contributed by atoms with E-state index >= 15 is 0 Å². The van der Waals surface area contributed by atoms with Crippen molar-refractivity contribution in [2.45, 2.75) is 71.8 Å². The average molecular weight is 482 g/mol. The van der Waals surface area contributed by atoms with Crippen LogP contribution in [0.2, 0.25) is 0 Å². The van der Waals surface area contributed by atoms with Crippen molar-refractivity contribution in [2.75, 3.05) is 13.1 Å². The van der Waals surface area contributed by atoms with Gasteiger partial charge in [-0.1, -0.05) is 74.9 Å². The van der Waals surface area contributed by atoms with Gasteiger partial charge in [0, 0.05) is 32.0 Å². The lowest BCUT2D eigenvalue weighted by Crippen LogP contribution is -2.40. The lowest BCUT2D eigenvalue weighted by atomic mass is 9.93. The van der Waals surface area contributed by atoms with Crippen molar-refractivity contribution in [1.82, 2.24) is 14.5 Å². The van der Waals surface area contributed by atoms with Crippen LogP contribution < -0.4 is 0 Å². The number of rotatable bonds is 8. The Morgan fingerprint density at radius 1 is 1.08 bits per heavy atom. The highest BCUT2D eigenvalue weighted by molar-refractivity contribution is 5.83. The molecular weight excluding hydrogens is 442 g/mol. The molecule has 4 aromatic rings. The molecule has 5 rings (SSSR count). The Labute approximate surface area is 215 Å². The van der Waals surface area contributed by atoms with Crippen LogP contribution in [0, 0.1) is 12.8 Å². The zero-order valence-electron chi connectivity index (χ0n) is 22.0. The molecule has 3 aromatic carbocycles. The molecule has 0 saturated carbocycles. The number of aromatic nitrogens is 2. The summed E-state index contributed by atoms with van der Waals surface area (Å²) >= 11 is 0. The molecule has 0 radical (unpaired) electrons. The van der Waals surface area contributed by atoms with Crippen LogP contribution in [0.25, 0.3) is 21.8 Å². The Kier molecular flexibility index (Phi) is 7.41. The van der Waals surface area contributed by atoms with E-state index in [1.807, 2.05) is 0 Å². The van der Waals surface area contributed by atoms with Crippen LogP contribution in [0.3, 0.4) is 0 Å². The van der Waals surface area contributed by atoms with Crippen molar-refractivity contribution in [3.63, 3.8) is 0 Å². The van der Waals surface area contributed by atoms with Gasteiger partial charge in [-0.05, 0) is 66.5 Å². The van der Waals surface area contributed by atoms with E-state index in [9.17, 15) is 4.79 Å². The fourth-order valence-electron chi connectivity index (χ4n) is 5.85. The number of unbranched alkanes of at least 4 members (excludes halogenated alkanes) is 1. The number of carbonyl (C=O) groups is 1. The smallest absolute Gasteiger partial charge is 0.222 e. The minimum absolute atomic E-state index is 0.292. The first-order valence-corrected chi connectivity index (χ1v) is 13.7. The van der Waals surface area contributed by atoms with Crippen LogP contribution in [0.15, 0.2) is 60.7 Å². The number of amides is 1. The fourth-order valence-corrected chi connectivity index (χ4v) is 5.85. The highest BCUT2D eigenvalue weighted by Gasteiger charge is 2.29. The quantitative estimate of drug-likeness (QED) is 0.265. The average Bonchev–Trinajstić information content (AvgIpc) is 3.27. The summed E-state index contributed by atoms with van der Waals surface area (Å²) in [7, 11) is 0. The Hall–Kier alpha value is -3.14. The molecule has 0 aliphatic carbocycles. The molecular formula is C32H39N3O. The van der Waals surface area contributed by atoms with Gasteiger partial charge >= 0.3 is 0 Å². The zero-order chi connectivity index (χ0) is 25.1. The Balaban J connectivity index is 1.28. The Morgan fingerprint density at radius 2 is 1.92 bits per heavy atom. The molecule has 2 heterocycles. The van der Waals surface area contributed by atoms with Crippen molar-refractivity contribution in [2.24, 2.45) is 5.92 Å². The van der Waals surface area contributed by atoms with Crippen molar-refractivity contribution in [3.8, 4) is 0 Å². The number of fused-ring (bicyclic) bond motifs is 2. The van der Waals surface area contributed by atoms with Gasteiger partial charge in [-0.15, -0.1) is 0 Å². The van der Waals surface area contributed by atoms with E-state index in [-0.39, 0.29) is 0 Å². The zero-order valence-corrected chi connectivity index (χ0v) is 22.0. The predicted molar refractivity (Wildman–Crippen MR) is 149 cm³/mol. The molecule has 1 aliphatic rings. The van der Waals surface area contributed by atoms with Crippen LogP contribution >= 0.6 is 0 Å². The number of carbonyl (C=O) groups excluding carboxylic acids is 1. The van der Waals surface area contributed by atoms with Crippen LogP contribution in [-0.2, 0) is 17.8 Å². The first kappa shape index (κ1) is 24.5. The van der Waals surface area contributed by atoms with Crippen LogP contribution in [0.5, 0.6) is 0 Å². The van der Waals surface area contributed by atoms with Crippen molar-refractivity contribution >= 4 is 27.7 Å². The van der Waals surface area contributed by atoms with E-state index < -0.39 is 0 Å². The number of hydrogen-bond donors (Lipinski definition) is 0. The van der Waals surface area contributed by atoms with Crippen LogP contribution in [0.1, 0.15) is 68.8 Å². The largest absolute Gasteiger partial charge is 0.342 e. The second kappa shape index (κ2) is 10.9. The van der Waals surface area contributed by atoms with Gasteiger partial charge in [0.2, 0.25) is 5.91 Å². The Bertz CT molecular complexity index is 1350. The van der Waals surface area contributed by atoms with E-state index in [0.717, 1.165) is 57.3 Å². The molecule has 0 unspecified atom stereocenters. The first-order chi connectivity index (χ1) is 17.5.